The molecule has 11 heteroatoms. The number of nitriles is 1. The van der Waals surface area contributed by atoms with E-state index in [1.54, 1.807) is 0 Å². The quantitative estimate of drug-likeness (QED) is 0.276. The van der Waals surface area contributed by atoms with Crippen LogP contribution in [0.15, 0.2) is 24.3 Å². The van der Waals surface area contributed by atoms with Crippen molar-refractivity contribution in [2.75, 3.05) is 5.32 Å². The molecule has 0 saturated heterocycles. The van der Waals surface area contributed by atoms with Crippen LogP contribution >= 0.6 is 46.1 Å². The van der Waals surface area contributed by atoms with Crippen LogP contribution < -0.4 is 10.6 Å². The van der Waals surface area contributed by atoms with Crippen molar-refractivity contribution in [2.24, 2.45) is 0 Å². The molecule has 2 aromatic rings. The van der Waals surface area contributed by atoms with E-state index in [1.165, 1.54) is 35.6 Å². The third kappa shape index (κ3) is 4.93. The normalized spacial score (nSPS) is 14.4. The van der Waals surface area contributed by atoms with Crippen LogP contribution in [0.2, 0.25) is 0 Å². The Balaban J connectivity index is 1.82. The molecule has 1 unspecified atom stereocenters. The minimum absolute atomic E-state index is 0.138. The summed E-state index contributed by atoms with van der Waals surface area (Å²) in [5.74, 6) is -0.580. The van der Waals surface area contributed by atoms with Gasteiger partial charge in [0.05, 0.1) is 10.5 Å². The first kappa shape index (κ1) is 21.7. The fraction of sp³-hybridized carbons (Fsp3) is 0.333. The van der Waals surface area contributed by atoms with Crippen molar-refractivity contribution in [2.45, 2.75) is 35.6 Å². The summed E-state index contributed by atoms with van der Waals surface area (Å²) in [4.78, 5) is 23.9. The highest BCUT2D eigenvalue weighted by Gasteiger charge is 2.36. The minimum atomic E-state index is -1.91. The van der Waals surface area contributed by atoms with Crippen molar-refractivity contribution < 1.29 is 9.72 Å². The Labute approximate surface area is 185 Å². The summed E-state index contributed by atoms with van der Waals surface area (Å²) in [7, 11) is 0. The van der Waals surface area contributed by atoms with E-state index in [1.807, 2.05) is 0 Å². The zero-order valence-corrected chi connectivity index (χ0v) is 18.0. The zero-order valence-electron chi connectivity index (χ0n) is 14.9. The predicted octanol–water partition coefficient (Wildman–Crippen LogP) is 4.94. The maximum Gasteiger partial charge on any atom is 0.269 e. The van der Waals surface area contributed by atoms with E-state index in [0.717, 1.165) is 36.1 Å². The van der Waals surface area contributed by atoms with Crippen LogP contribution in [-0.4, -0.2) is 20.8 Å². The second-order valence-corrected chi connectivity index (χ2v) is 9.90. The topological polar surface area (TPSA) is 108 Å². The van der Waals surface area contributed by atoms with Crippen molar-refractivity contribution in [3.63, 3.8) is 0 Å². The molecule has 1 heterocycles. The number of thiophene rings is 1. The lowest BCUT2D eigenvalue weighted by molar-refractivity contribution is -0.384. The van der Waals surface area contributed by atoms with Gasteiger partial charge in [0.25, 0.3) is 11.6 Å². The van der Waals surface area contributed by atoms with E-state index in [0.29, 0.717) is 10.6 Å². The third-order valence-electron chi connectivity index (χ3n) is 4.50. The molecule has 1 aliphatic rings. The zero-order chi connectivity index (χ0) is 21.2. The number of benzene rings is 1. The van der Waals surface area contributed by atoms with Gasteiger partial charge in [0.1, 0.15) is 17.2 Å². The SMILES string of the molecule is N#Cc1c(NC(NC(=O)c2ccc([N+](=O)[O-])cc2)C(Cl)(Cl)Cl)sc2c1CCCC2. The number of nitrogens with zero attached hydrogens (tertiary/aromatic N) is 2. The summed E-state index contributed by atoms with van der Waals surface area (Å²) in [6.45, 7) is 0. The number of non-ortho nitro benzene ring substituents is 1. The molecule has 3 rings (SSSR count). The standard InChI is InChI=1S/C18H15Cl3N4O3S/c19-18(20,21)17(23-15(26)10-5-7-11(8-6-10)25(27)28)24-16-13(9-22)12-3-1-2-4-14(12)29-16/h5-8,17,24H,1-4H2,(H,23,26). The number of nitro groups is 1. The van der Waals surface area contributed by atoms with Crippen LogP contribution in [-0.2, 0) is 12.8 Å². The summed E-state index contributed by atoms with van der Waals surface area (Å²) in [6, 6.07) is 7.26. The maximum absolute atomic E-state index is 12.6. The second kappa shape index (κ2) is 8.76. The van der Waals surface area contributed by atoms with Crippen LogP contribution in [0.3, 0.4) is 0 Å². The number of anilines is 1. The first-order chi connectivity index (χ1) is 13.7. The number of hydrogen-bond acceptors (Lipinski definition) is 6. The number of hydrogen-bond donors (Lipinski definition) is 2. The Kier molecular flexibility index (Phi) is 6.54. The van der Waals surface area contributed by atoms with Crippen molar-refractivity contribution in [3.05, 3.63) is 55.9 Å². The highest BCUT2D eigenvalue weighted by atomic mass is 35.6. The highest BCUT2D eigenvalue weighted by Crippen LogP contribution is 2.40. The van der Waals surface area contributed by atoms with Gasteiger partial charge in [-0.1, -0.05) is 34.8 Å². The number of carbonyl (C=O) groups excluding carboxylic acids is 1. The smallest absolute Gasteiger partial charge is 0.269 e. The van der Waals surface area contributed by atoms with Gasteiger partial charge in [-0.05, 0) is 43.4 Å². The van der Waals surface area contributed by atoms with Crippen molar-refractivity contribution in [1.29, 1.82) is 5.26 Å². The molecule has 152 valence electrons. The summed E-state index contributed by atoms with van der Waals surface area (Å²) >= 11 is 19.6. The van der Waals surface area contributed by atoms with Crippen LogP contribution in [0.5, 0.6) is 0 Å². The number of rotatable bonds is 5. The molecular weight excluding hydrogens is 459 g/mol. The molecule has 0 fully saturated rings. The molecular formula is C18H15Cl3N4O3S. The lowest BCUT2D eigenvalue weighted by Gasteiger charge is -2.27. The van der Waals surface area contributed by atoms with E-state index in [2.05, 4.69) is 16.7 Å². The predicted molar refractivity (Wildman–Crippen MR) is 114 cm³/mol. The van der Waals surface area contributed by atoms with Gasteiger partial charge in [0.2, 0.25) is 3.79 Å². The van der Waals surface area contributed by atoms with E-state index in [4.69, 9.17) is 34.8 Å². The van der Waals surface area contributed by atoms with Crippen molar-refractivity contribution in [3.8, 4) is 6.07 Å². The molecule has 1 amide bonds. The minimum Gasteiger partial charge on any atom is -0.352 e. The van der Waals surface area contributed by atoms with E-state index in [9.17, 15) is 20.2 Å². The molecule has 2 N–H and O–H groups in total. The van der Waals surface area contributed by atoms with Crippen molar-refractivity contribution >= 4 is 62.7 Å². The average Bonchev–Trinajstić information content (AvgIpc) is 3.03. The average molecular weight is 474 g/mol. The van der Waals surface area contributed by atoms with Gasteiger partial charge in [-0.2, -0.15) is 5.26 Å². The number of amides is 1. The summed E-state index contributed by atoms with van der Waals surface area (Å²) in [6.07, 6.45) is 2.67. The number of fused-ring (bicyclic) bond motifs is 1. The summed E-state index contributed by atoms with van der Waals surface area (Å²) in [5, 5.41) is 26.5. The van der Waals surface area contributed by atoms with Gasteiger partial charge in [-0.15, -0.1) is 11.3 Å². The van der Waals surface area contributed by atoms with Gasteiger partial charge >= 0.3 is 0 Å². The van der Waals surface area contributed by atoms with Crippen LogP contribution in [0, 0.1) is 21.4 Å². The lowest BCUT2D eigenvalue weighted by Crippen LogP contribution is -2.49. The van der Waals surface area contributed by atoms with Crippen molar-refractivity contribution in [1.82, 2.24) is 5.32 Å². The molecule has 7 nitrogen and oxygen atoms in total. The number of nitro benzene ring substituents is 1. The first-order valence-corrected chi connectivity index (χ1v) is 10.6. The molecule has 1 aromatic heterocycles. The largest absolute Gasteiger partial charge is 0.352 e. The number of nitrogens with one attached hydrogen (secondary N) is 2. The Morgan fingerprint density at radius 1 is 1.24 bits per heavy atom. The summed E-state index contributed by atoms with van der Waals surface area (Å²) in [5.41, 5.74) is 1.55. The van der Waals surface area contributed by atoms with Gasteiger partial charge in [0, 0.05) is 22.6 Å². The van der Waals surface area contributed by atoms with Gasteiger partial charge in [-0.3, -0.25) is 14.9 Å². The lowest BCUT2D eigenvalue weighted by atomic mass is 9.96. The van der Waals surface area contributed by atoms with E-state index < -0.39 is 20.8 Å². The van der Waals surface area contributed by atoms with E-state index in [-0.39, 0.29) is 11.3 Å². The Bertz CT molecular complexity index is 980. The van der Waals surface area contributed by atoms with Crippen LogP contribution in [0.1, 0.15) is 39.2 Å². The number of carbonyl (C=O) groups is 1. The monoisotopic (exact) mass is 472 g/mol. The molecule has 0 aliphatic heterocycles. The van der Waals surface area contributed by atoms with Gasteiger partial charge in [0.15, 0.2) is 0 Å². The van der Waals surface area contributed by atoms with Gasteiger partial charge < -0.3 is 10.6 Å². The van der Waals surface area contributed by atoms with Gasteiger partial charge in [-0.25, -0.2) is 0 Å². The Morgan fingerprint density at radius 3 is 2.48 bits per heavy atom. The molecule has 29 heavy (non-hydrogen) atoms. The number of halogens is 3. The van der Waals surface area contributed by atoms with Crippen LogP contribution in [0.25, 0.3) is 0 Å². The third-order valence-corrected chi connectivity index (χ3v) is 6.38. The maximum atomic E-state index is 12.6. The Hall–Kier alpha value is -2.05. The molecule has 1 aliphatic carbocycles. The second-order valence-electron chi connectivity index (χ2n) is 6.42. The fourth-order valence-electron chi connectivity index (χ4n) is 3.07. The molecule has 0 bridgehead atoms. The molecule has 0 spiro atoms. The highest BCUT2D eigenvalue weighted by molar-refractivity contribution is 7.16. The molecule has 0 saturated carbocycles. The molecule has 1 aromatic carbocycles. The van der Waals surface area contributed by atoms with E-state index >= 15 is 0 Å². The molecule has 1 atom stereocenters. The Morgan fingerprint density at radius 2 is 1.90 bits per heavy atom. The van der Waals surface area contributed by atoms with Crippen LogP contribution in [0.4, 0.5) is 10.7 Å². The number of alkyl halides is 3. The first-order valence-electron chi connectivity index (χ1n) is 8.64. The number of aryl methyl sites for hydroxylation is 1. The fourth-order valence-corrected chi connectivity index (χ4v) is 4.66. The summed E-state index contributed by atoms with van der Waals surface area (Å²) < 4.78 is -1.91. The molecule has 0 radical (unpaired) electrons.